The Kier molecular flexibility index (Phi) is 8.13. The molecule has 2 saturated heterocycles. The smallest absolute Gasteiger partial charge is 0.322 e. The number of aliphatic carboxylic acids is 2. The molecule has 7 N–H and O–H groups in total. The number of fused-ring (bicyclic) bond motifs is 1. The van der Waals surface area contributed by atoms with Gasteiger partial charge in [0.2, 0.25) is 0 Å². The number of nitrogens with two attached hydrogens (primary N) is 1. The molecule has 2 aliphatic heterocycles. The van der Waals surface area contributed by atoms with Gasteiger partial charge in [-0.2, -0.15) is 11.8 Å². The van der Waals surface area contributed by atoms with Gasteiger partial charge in [0.1, 0.15) is 6.04 Å². The number of aliphatic hydroxyl groups is 1. The van der Waals surface area contributed by atoms with Crippen LogP contribution in [-0.4, -0.2) is 69.0 Å². The van der Waals surface area contributed by atoms with Crippen LogP contribution in [0, 0.1) is 0 Å². The number of carboxylic acid groups (broad SMARTS) is 2. The summed E-state index contributed by atoms with van der Waals surface area (Å²) in [6, 6.07) is -0.685. The average Bonchev–Trinajstić information content (AvgIpc) is 3.02. The number of hydrogen-bond donors (Lipinski definition) is 6. The second-order valence-corrected chi connectivity index (χ2v) is 6.66. The predicted molar refractivity (Wildman–Crippen MR) is 84.3 cm³/mol. The maximum Gasteiger partial charge on any atom is 0.322 e. The molecule has 2 fully saturated rings. The van der Waals surface area contributed by atoms with Gasteiger partial charge >= 0.3 is 18.0 Å². The Bertz CT molecular complexity index is 436. The van der Waals surface area contributed by atoms with Gasteiger partial charge in [0.25, 0.3) is 0 Å². The molecule has 0 spiro atoms. The molecule has 2 amide bonds. The van der Waals surface area contributed by atoms with Crippen LogP contribution in [0.4, 0.5) is 4.79 Å². The largest absolute Gasteiger partial charge is 0.481 e. The Morgan fingerprint density at radius 3 is 2.52 bits per heavy atom. The second-order valence-electron chi connectivity index (χ2n) is 5.39. The van der Waals surface area contributed by atoms with E-state index in [1.165, 1.54) is 0 Å². The van der Waals surface area contributed by atoms with Crippen molar-refractivity contribution in [1.82, 2.24) is 10.6 Å². The summed E-state index contributed by atoms with van der Waals surface area (Å²) in [6.45, 7) is -0.505. The van der Waals surface area contributed by atoms with Crippen molar-refractivity contribution in [2.45, 2.75) is 49.1 Å². The molecule has 4 atom stereocenters. The van der Waals surface area contributed by atoms with Crippen molar-refractivity contribution in [2.24, 2.45) is 5.73 Å². The average molecular weight is 349 g/mol. The fourth-order valence-electron chi connectivity index (χ4n) is 2.34. The highest BCUT2D eigenvalue weighted by molar-refractivity contribution is 8.00. The van der Waals surface area contributed by atoms with Gasteiger partial charge in [0.15, 0.2) is 0 Å². The van der Waals surface area contributed by atoms with Crippen molar-refractivity contribution in [3.63, 3.8) is 0 Å². The molecule has 0 saturated carbocycles. The molecule has 132 valence electrons. The summed E-state index contributed by atoms with van der Waals surface area (Å²) in [5.74, 6) is -0.942. The van der Waals surface area contributed by atoms with Crippen LogP contribution in [0.1, 0.15) is 25.7 Å². The number of carboxylic acids is 2. The molecule has 0 aromatic rings. The normalized spacial score (nSPS) is 26.3. The van der Waals surface area contributed by atoms with Gasteiger partial charge in [0.05, 0.1) is 18.7 Å². The number of hydrogen-bond acceptors (Lipinski definition) is 6. The van der Waals surface area contributed by atoms with E-state index in [9.17, 15) is 14.4 Å². The Morgan fingerprint density at radius 1 is 1.30 bits per heavy atom. The third-order valence-corrected chi connectivity index (χ3v) is 5.09. The minimum absolute atomic E-state index is 0.0640. The van der Waals surface area contributed by atoms with Crippen LogP contribution < -0.4 is 16.4 Å². The van der Waals surface area contributed by atoms with Crippen LogP contribution in [0.25, 0.3) is 0 Å². The van der Waals surface area contributed by atoms with Gasteiger partial charge in [-0.15, -0.1) is 0 Å². The molecule has 0 radical (unpaired) electrons. The van der Waals surface area contributed by atoms with E-state index >= 15 is 0 Å². The first-order valence-electron chi connectivity index (χ1n) is 7.34. The van der Waals surface area contributed by atoms with E-state index < -0.39 is 24.6 Å². The van der Waals surface area contributed by atoms with Crippen LogP contribution in [0.15, 0.2) is 0 Å². The molecule has 0 aliphatic carbocycles. The Morgan fingerprint density at radius 2 is 2.00 bits per heavy atom. The number of unbranched alkanes of at least 4 members (excludes halogenated alkanes) is 1. The fraction of sp³-hybridized carbons (Fsp3) is 0.769. The zero-order valence-electron chi connectivity index (χ0n) is 12.6. The first kappa shape index (κ1) is 19.5. The third kappa shape index (κ3) is 6.63. The maximum atomic E-state index is 11.1. The summed E-state index contributed by atoms with van der Waals surface area (Å²) < 4.78 is 0. The molecule has 0 aromatic carbocycles. The lowest BCUT2D eigenvalue weighted by molar-refractivity contribution is -0.139. The first-order valence-corrected chi connectivity index (χ1v) is 8.39. The van der Waals surface area contributed by atoms with E-state index in [0.717, 1.165) is 25.0 Å². The standard InChI is InChI=1S/C10H16N2O3S.C3H7NO3/c13-8(14)4-2-1-3-7-9-6(5-16-7)11-10(15)12-9;4-2(1-5)3(6)7/h6-7,9H,1-5H2,(H,13,14)(H2,11,12,15);2,5H,1,4H2,(H,6,7)/t6-,7-,9-;2-/m00/s1. The van der Waals surface area contributed by atoms with Crippen molar-refractivity contribution >= 4 is 29.7 Å². The van der Waals surface area contributed by atoms with Gasteiger partial charge < -0.3 is 31.7 Å². The summed E-state index contributed by atoms with van der Waals surface area (Å²) in [6.07, 6.45) is 2.88. The van der Waals surface area contributed by atoms with Crippen molar-refractivity contribution in [2.75, 3.05) is 12.4 Å². The zero-order valence-corrected chi connectivity index (χ0v) is 13.4. The molecule has 23 heavy (non-hydrogen) atoms. The molecule has 0 unspecified atom stereocenters. The molecule has 9 nitrogen and oxygen atoms in total. The molecule has 2 heterocycles. The molecule has 0 aromatic heterocycles. The molecular weight excluding hydrogens is 326 g/mol. The molecule has 2 rings (SSSR count). The van der Waals surface area contributed by atoms with Crippen molar-refractivity contribution < 1.29 is 29.7 Å². The minimum atomic E-state index is -1.18. The number of aliphatic hydroxyl groups excluding tert-OH is 1. The number of thioether (sulfide) groups is 1. The maximum absolute atomic E-state index is 11.1. The third-order valence-electron chi connectivity index (χ3n) is 3.58. The van der Waals surface area contributed by atoms with Crippen LogP contribution in [0.5, 0.6) is 0 Å². The Balaban J connectivity index is 0.000000322. The van der Waals surface area contributed by atoms with Gasteiger partial charge in [-0.05, 0) is 12.8 Å². The molecule has 10 heteroatoms. The number of amides is 2. The zero-order chi connectivity index (χ0) is 17.4. The molecule has 0 bridgehead atoms. The number of rotatable bonds is 7. The number of carbonyl (C=O) groups excluding carboxylic acids is 1. The van der Waals surface area contributed by atoms with Crippen LogP contribution in [-0.2, 0) is 9.59 Å². The van der Waals surface area contributed by atoms with E-state index in [2.05, 4.69) is 10.6 Å². The summed E-state index contributed by atoms with van der Waals surface area (Å²) in [5.41, 5.74) is 4.77. The Hall–Kier alpha value is -1.52. The van der Waals surface area contributed by atoms with Gasteiger partial charge in [0, 0.05) is 17.4 Å². The Labute approximate surface area is 138 Å². The lowest BCUT2D eigenvalue weighted by Crippen LogP contribution is -2.36. The monoisotopic (exact) mass is 349 g/mol. The lowest BCUT2D eigenvalue weighted by Gasteiger charge is -2.16. The van der Waals surface area contributed by atoms with E-state index in [4.69, 9.17) is 21.1 Å². The summed E-state index contributed by atoms with van der Waals surface area (Å²) in [7, 11) is 0. The quantitative estimate of drug-likeness (QED) is 0.257. The topological polar surface area (TPSA) is 162 Å². The van der Waals surface area contributed by atoms with Gasteiger partial charge in [-0.3, -0.25) is 9.59 Å². The van der Waals surface area contributed by atoms with Crippen molar-refractivity contribution in [1.29, 1.82) is 0 Å². The highest BCUT2D eigenvalue weighted by atomic mass is 32.2. The number of carbonyl (C=O) groups is 3. The van der Waals surface area contributed by atoms with Gasteiger partial charge in [-0.1, -0.05) is 6.42 Å². The fourth-order valence-corrected chi connectivity index (χ4v) is 3.89. The molecular formula is C13H23N3O6S. The van der Waals surface area contributed by atoms with Crippen LogP contribution >= 0.6 is 11.8 Å². The highest BCUT2D eigenvalue weighted by Crippen LogP contribution is 2.33. The SMILES string of the molecule is N[C@@H](CO)C(=O)O.O=C(O)CCCC[C@@H]1SC[C@@H]2NC(=O)N[C@@H]21. The van der Waals surface area contributed by atoms with E-state index in [1.54, 1.807) is 0 Å². The lowest BCUT2D eigenvalue weighted by atomic mass is 10.0. The van der Waals surface area contributed by atoms with Crippen LogP contribution in [0.3, 0.4) is 0 Å². The molecule has 2 aliphatic rings. The van der Waals surface area contributed by atoms with Crippen LogP contribution in [0.2, 0.25) is 0 Å². The second kappa shape index (κ2) is 9.58. The number of urea groups is 1. The first-order chi connectivity index (χ1) is 10.8. The van der Waals surface area contributed by atoms with Crippen molar-refractivity contribution in [3.05, 3.63) is 0 Å². The summed E-state index contributed by atoms with van der Waals surface area (Å²) >= 11 is 1.87. The van der Waals surface area contributed by atoms with Crippen molar-refractivity contribution in [3.8, 4) is 0 Å². The predicted octanol–water partition coefficient (Wildman–Crippen LogP) is -0.813. The highest BCUT2D eigenvalue weighted by Gasteiger charge is 2.42. The minimum Gasteiger partial charge on any atom is -0.481 e. The van der Waals surface area contributed by atoms with E-state index in [0.29, 0.717) is 5.25 Å². The summed E-state index contributed by atoms with van der Waals surface area (Å²) in [5, 5.41) is 30.7. The number of nitrogens with one attached hydrogen (secondary N) is 2. The summed E-state index contributed by atoms with van der Waals surface area (Å²) in [4.78, 5) is 31.1. The van der Waals surface area contributed by atoms with Gasteiger partial charge in [-0.25, -0.2) is 4.79 Å². The van der Waals surface area contributed by atoms with E-state index in [1.807, 2.05) is 11.8 Å². The van der Waals surface area contributed by atoms with E-state index in [-0.39, 0.29) is 24.5 Å².